The highest BCUT2D eigenvalue weighted by atomic mass is 35.5. The zero-order chi connectivity index (χ0) is 11.4. The molecule has 1 aromatic heterocycles. The van der Waals surface area contributed by atoms with E-state index >= 15 is 0 Å². The fraction of sp³-hybridized carbons (Fsp3) is 0.727. The van der Waals surface area contributed by atoms with Gasteiger partial charge >= 0.3 is 0 Å². The highest BCUT2D eigenvalue weighted by molar-refractivity contribution is 6.31. The van der Waals surface area contributed by atoms with Gasteiger partial charge in [-0.25, -0.2) is 0 Å². The van der Waals surface area contributed by atoms with E-state index in [1.165, 1.54) is 0 Å². The first kappa shape index (κ1) is 12.5. The first-order valence-corrected chi connectivity index (χ1v) is 5.77. The molecule has 0 fully saturated rings. The van der Waals surface area contributed by atoms with Gasteiger partial charge in [-0.2, -0.15) is 5.10 Å². The Bertz CT molecular complexity index is 287. The van der Waals surface area contributed by atoms with Crippen molar-refractivity contribution in [1.82, 2.24) is 15.1 Å². The van der Waals surface area contributed by atoms with Crippen molar-refractivity contribution < 1.29 is 0 Å². The predicted molar refractivity (Wildman–Crippen MR) is 64.2 cm³/mol. The van der Waals surface area contributed by atoms with Crippen molar-refractivity contribution in [2.45, 2.75) is 32.7 Å². The molecule has 4 heteroatoms. The molecule has 1 heterocycles. The van der Waals surface area contributed by atoms with Gasteiger partial charge in [0.25, 0.3) is 0 Å². The van der Waals surface area contributed by atoms with Crippen molar-refractivity contribution in [3.63, 3.8) is 0 Å². The molecule has 0 aliphatic carbocycles. The van der Waals surface area contributed by atoms with E-state index in [2.05, 4.69) is 24.3 Å². The lowest BCUT2D eigenvalue weighted by Gasteiger charge is -2.19. The van der Waals surface area contributed by atoms with E-state index in [0.29, 0.717) is 12.0 Å². The van der Waals surface area contributed by atoms with Crippen LogP contribution < -0.4 is 5.32 Å². The minimum Gasteiger partial charge on any atom is -0.317 e. The summed E-state index contributed by atoms with van der Waals surface area (Å²) < 4.78 is 1.86. The Morgan fingerprint density at radius 1 is 1.53 bits per heavy atom. The molecule has 0 saturated carbocycles. The lowest BCUT2D eigenvalue weighted by Crippen LogP contribution is -2.31. The number of nitrogens with zero attached hydrogens (tertiary/aromatic N) is 2. The number of rotatable bonds is 5. The first-order chi connectivity index (χ1) is 7.06. The maximum atomic E-state index is 6.05. The second-order valence-corrected chi connectivity index (χ2v) is 4.65. The average Bonchev–Trinajstić information content (AvgIpc) is 2.49. The Labute approximate surface area is 96.8 Å². The molecule has 0 saturated heterocycles. The third kappa shape index (κ3) is 3.21. The van der Waals surface area contributed by atoms with Crippen molar-refractivity contribution in [2.24, 2.45) is 13.0 Å². The summed E-state index contributed by atoms with van der Waals surface area (Å²) >= 11 is 6.05. The van der Waals surface area contributed by atoms with Gasteiger partial charge in [-0.15, -0.1) is 0 Å². The minimum absolute atomic E-state index is 0.538. The fourth-order valence-electron chi connectivity index (χ4n) is 1.82. The quantitative estimate of drug-likeness (QED) is 0.840. The molecule has 0 spiro atoms. The molecule has 1 aromatic rings. The van der Waals surface area contributed by atoms with E-state index in [1.807, 2.05) is 18.8 Å². The third-order valence-electron chi connectivity index (χ3n) is 2.88. The third-order valence-corrected chi connectivity index (χ3v) is 3.19. The van der Waals surface area contributed by atoms with Crippen LogP contribution in [0.3, 0.4) is 0 Å². The summed E-state index contributed by atoms with van der Waals surface area (Å²) in [4.78, 5) is 0. The molecule has 1 rings (SSSR count). The predicted octanol–water partition coefficient (Wildman–Crippen LogP) is 2.25. The molecule has 0 aromatic carbocycles. The number of halogens is 1. The second kappa shape index (κ2) is 5.52. The van der Waals surface area contributed by atoms with Crippen LogP contribution in [0.15, 0.2) is 6.20 Å². The van der Waals surface area contributed by atoms with Crippen molar-refractivity contribution >= 4 is 11.6 Å². The molecule has 1 atom stereocenters. The summed E-state index contributed by atoms with van der Waals surface area (Å²) in [5, 5.41) is 8.23. The Balaban J connectivity index is 2.56. The van der Waals surface area contributed by atoms with Crippen molar-refractivity contribution in [3.05, 3.63) is 16.9 Å². The van der Waals surface area contributed by atoms with Gasteiger partial charge in [-0.1, -0.05) is 25.4 Å². The average molecular weight is 230 g/mol. The SMILES string of the molecule is CNC(CCc1c(Cl)cnn1C)C(C)C. The summed E-state index contributed by atoms with van der Waals surface area (Å²) in [7, 11) is 3.94. The van der Waals surface area contributed by atoms with E-state index in [-0.39, 0.29) is 0 Å². The Kier molecular flexibility index (Phi) is 4.61. The Morgan fingerprint density at radius 2 is 2.20 bits per heavy atom. The summed E-state index contributed by atoms with van der Waals surface area (Å²) in [6.45, 7) is 4.46. The van der Waals surface area contributed by atoms with Gasteiger partial charge in [0.05, 0.1) is 16.9 Å². The van der Waals surface area contributed by atoms with E-state index in [9.17, 15) is 0 Å². The molecule has 1 N–H and O–H groups in total. The van der Waals surface area contributed by atoms with Gasteiger partial charge < -0.3 is 5.32 Å². The molecule has 0 aliphatic rings. The van der Waals surface area contributed by atoms with Gasteiger partial charge in [0, 0.05) is 13.1 Å². The summed E-state index contributed by atoms with van der Waals surface area (Å²) in [5.41, 5.74) is 1.12. The number of aromatic nitrogens is 2. The number of nitrogens with one attached hydrogen (secondary N) is 1. The molecule has 0 amide bonds. The molecule has 1 unspecified atom stereocenters. The Hall–Kier alpha value is -0.540. The molecule has 0 radical (unpaired) electrons. The van der Waals surface area contributed by atoms with Crippen LogP contribution in [-0.2, 0) is 13.5 Å². The minimum atomic E-state index is 0.538. The van der Waals surface area contributed by atoms with Gasteiger partial charge in [0.2, 0.25) is 0 Å². The van der Waals surface area contributed by atoms with E-state index in [1.54, 1.807) is 6.20 Å². The molecular weight excluding hydrogens is 210 g/mol. The zero-order valence-electron chi connectivity index (χ0n) is 9.92. The van der Waals surface area contributed by atoms with Gasteiger partial charge in [0.15, 0.2) is 0 Å². The fourth-order valence-corrected chi connectivity index (χ4v) is 2.08. The lowest BCUT2D eigenvalue weighted by atomic mass is 9.98. The monoisotopic (exact) mass is 229 g/mol. The zero-order valence-corrected chi connectivity index (χ0v) is 10.7. The van der Waals surface area contributed by atoms with Crippen LogP contribution in [0.25, 0.3) is 0 Å². The van der Waals surface area contributed by atoms with Crippen LogP contribution in [0.1, 0.15) is 26.0 Å². The molecule has 15 heavy (non-hydrogen) atoms. The molecule has 0 aliphatic heterocycles. The topological polar surface area (TPSA) is 29.9 Å². The van der Waals surface area contributed by atoms with E-state index in [0.717, 1.165) is 23.6 Å². The molecule has 0 bridgehead atoms. The normalized spacial score (nSPS) is 13.5. The standard InChI is InChI=1S/C11H20ClN3/c1-8(2)10(13-3)5-6-11-9(12)7-14-15(11)4/h7-8,10,13H,5-6H2,1-4H3. The second-order valence-electron chi connectivity index (χ2n) is 4.24. The van der Waals surface area contributed by atoms with Crippen LogP contribution in [0.2, 0.25) is 5.02 Å². The van der Waals surface area contributed by atoms with Crippen molar-refractivity contribution in [3.8, 4) is 0 Å². The van der Waals surface area contributed by atoms with Gasteiger partial charge in [0.1, 0.15) is 0 Å². The highest BCUT2D eigenvalue weighted by Gasteiger charge is 2.13. The summed E-state index contributed by atoms with van der Waals surface area (Å²) in [5.74, 6) is 0.641. The smallest absolute Gasteiger partial charge is 0.0817 e. The number of aryl methyl sites for hydroxylation is 1. The van der Waals surface area contributed by atoms with Crippen LogP contribution in [0.5, 0.6) is 0 Å². The van der Waals surface area contributed by atoms with Crippen LogP contribution >= 0.6 is 11.6 Å². The molecule has 3 nitrogen and oxygen atoms in total. The molecule has 86 valence electrons. The summed E-state index contributed by atoms with van der Waals surface area (Å²) in [6, 6.07) is 0.538. The summed E-state index contributed by atoms with van der Waals surface area (Å²) in [6.07, 6.45) is 3.77. The first-order valence-electron chi connectivity index (χ1n) is 5.40. The van der Waals surface area contributed by atoms with E-state index < -0.39 is 0 Å². The van der Waals surface area contributed by atoms with Crippen LogP contribution in [-0.4, -0.2) is 22.9 Å². The number of hydrogen-bond donors (Lipinski definition) is 1. The van der Waals surface area contributed by atoms with Gasteiger partial charge in [-0.05, 0) is 25.8 Å². The van der Waals surface area contributed by atoms with Crippen molar-refractivity contribution in [1.29, 1.82) is 0 Å². The van der Waals surface area contributed by atoms with Crippen LogP contribution in [0, 0.1) is 5.92 Å². The largest absolute Gasteiger partial charge is 0.317 e. The highest BCUT2D eigenvalue weighted by Crippen LogP contribution is 2.18. The van der Waals surface area contributed by atoms with Crippen LogP contribution in [0.4, 0.5) is 0 Å². The van der Waals surface area contributed by atoms with Gasteiger partial charge in [-0.3, -0.25) is 4.68 Å². The maximum absolute atomic E-state index is 6.05. The van der Waals surface area contributed by atoms with E-state index in [4.69, 9.17) is 11.6 Å². The number of hydrogen-bond acceptors (Lipinski definition) is 2. The Morgan fingerprint density at radius 3 is 2.60 bits per heavy atom. The maximum Gasteiger partial charge on any atom is 0.0817 e. The molecular formula is C11H20ClN3. The van der Waals surface area contributed by atoms with Crippen molar-refractivity contribution in [2.75, 3.05) is 7.05 Å². The lowest BCUT2D eigenvalue weighted by molar-refractivity contribution is 0.399.